The highest BCUT2D eigenvalue weighted by Gasteiger charge is 2.35. The quantitative estimate of drug-likeness (QED) is 0.459. The summed E-state index contributed by atoms with van der Waals surface area (Å²) < 4.78 is 5.62. The monoisotopic (exact) mass is 478 g/mol. The summed E-state index contributed by atoms with van der Waals surface area (Å²) >= 11 is 0. The molecule has 0 radical (unpaired) electrons. The number of carbonyl (C=O) groups is 3. The number of amides is 2. The van der Waals surface area contributed by atoms with Crippen molar-refractivity contribution in [2.75, 3.05) is 13.2 Å². The summed E-state index contributed by atoms with van der Waals surface area (Å²) in [7, 11) is 0. The predicted octanol–water partition coefficient (Wildman–Crippen LogP) is 4.70. The Labute approximate surface area is 206 Å². The minimum atomic E-state index is -0.889. The number of hydrogen-bond donors (Lipinski definition) is 3. The van der Waals surface area contributed by atoms with E-state index in [0.29, 0.717) is 6.42 Å². The zero-order valence-electron chi connectivity index (χ0n) is 20.4. The summed E-state index contributed by atoms with van der Waals surface area (Å²) in [5.41, 5.74) is 4.00. The van der Waals surface area contributed by atoms with E-state index in [-0.39, 0.29) is 43.2 Å². The van der Waals surface area contributed by atoms with Gasteiger partial charge in [-0.05, 0) is 61.3 Å². The Bertz CT molecular complexity index is 1050. The van der Waals surface area contributed by atoms with Crippen LogP contribution in [0.3, 0.4) is 0 Å². The molecule has 0 spiro atoms. The summed E-state index contributed by atoms with van der Waals surface area (Å²) in [5, 5.41) is 14.8. The third kappa shape index (κ3) is 5.84. The van der Waals surface area contributed by atoms with Crippen molar-refractivity contribution in [1.29, 1.82) is 0 Å². The van der Waals surface area contributed by atoms with Crippen LogP contribution < -0.4 is 10.6 Å². The average molecular weight is 479 g/mol. The van der Waals surface area contributed by atoms with Gasteiger partial charge in [0, 0.05) is 24.4 Å². The Hall–Kier alpha value is -3.35. The number of carbonyl (C=O) groups excluding carboxylic acids is 2. The fourth-order valence-electron chi connectivity index (χ4n) is 5.07. The van der Waals surface area contributed by atoms with Gasteiger partial charge in [-0.2, -0.15) is 0 Å². The van der Waals surface area contributed by atoms with E-state index in [2.05, 4.69) is 34.9 Å². The summed E-state index contributed by atoms with van der Waals surface area (Å²) in [5.74, 6) is -1.22. The van der Waals surface area contributed by atoms with Crippen LogP contribution in [0.15, 0.2) is 48.5 Å². The number of fused-ring (bicyclic) bond motifs is 3. The number of alkyl carbamates (subject to hydrolysis) is 1. The van der Waals surface area contributed by atoms with Gasteiger partial charge in [0.2, 0.25) is 5.91 Å². The molecule has 0 aromatic heterocycles. The molecule has 1 saturated carbocycles. The molecule has 1 atom stereocenters. The van der Waals surface area contributed by atoms with E-state index in [4.69, 9.17) is 9.84 Å². The Morgan fingerprint density at radius 1 is 1.03 bits per heavy atom. The highest BCUT2D eigenvalue weighted by Crippen LogP contribution is 2.44. The zero-order valence-corrected chi connectivity index (χ0v) is 20.4. The lowest BCUT2D eigenvalue weighted by Crippen LogP contribution is -2.51. The summed E-state index contributed by atoms with van der Waals surface area (Å²) in [6, 6.07) is 16.4. The van der Waals surface area contributed by atoms with E-state index < -0.39 is 17.6 Å². The first-order valence-electron chi connectivity index (χ1n) is 12.4. The van der Waals surface area contributed by atoms with Crippen LogP contribution in [-0.4, -0.2) is 41.8 Å². The topological polar surface area (TPSA) is 105 Å². The number of rotatable bonds is 10. The van der Waals surface area contributed by atoms with Crippen molar-refractivity contribution in [2.24, 2.45) is 11.8 Å². The van der Waals surface area contributed by atoms with Crippen LogP contribution in [-0.2, 0) is 14.3 Å². The van der Waals surface area contributed by atoms with Crippen LogP contribution in [0.25, 0.3) is 11.1 Å². The van der Waals surface area contributed by atoms with Gasteiger partial charge in [0.1, 0.15) is 6.61 Å². The van der Waals surface area contributed by atoms with Crippen LogP contribution in [0.1, 0.15) is 63.0 Å². The molecule has 0 heterocycles. The van der Waals surface area contributed by atoms with Crippen LogP contribution in [0.5, 0.6) is 0 Å². The molecular formula is C28H34N2O5. The molecule has 7 nitrogen and oxygen atoms in total. The van der Waals surface area contributed by atoms with Gasteiger partial charge in [-0.25, -0.2) is 4.79 Å². The van der Waals surface area contributed by atoms with E-state index >= 15 is 0 Å². The Morgan fingerprint density at radius 3 is 2.17 bits per heavy atom. The third-order valence-electron chi connectivity index (χ3n) is 7.29. The molecule has 0 bridgehead atoms. The molecule has 3 N–H and O–H groups in total. The summed E-state index contributed by atoms with van der Waals surface area (Å²) in [4.78, 5) is 36.6. The van der Waals surface area contributed by atoms with Crippen LogP contribution in [0, 0.1) is 11.8 Å². The molecule has 2 amide bonds. The number of ether oxygens (including phenoxy) is 1. The first-order valence-corrected chi connectivity index (χ1v) is 12.4. The minimum absolute atomic E-state index is 0.0145. The molecule has 186 valence electrons. The van der Waals surface area contributed by atoms with Crippen molar-refractivity contribution in [2.45, 2.75) is 57.4 Å². The van der Waals surface area contributed by atoms with E-state index in [1.165, 1.54) is 11.1 Å². The molecule has 2 aromatic rings. The van der Waals surface area contributed by atoms with Crippen molar-refractivity contribution in [3.05, 3.63) is 59.7 Å². The number of benzene rings is 2. The smallest absolute Gasteiger partial charge is 0.407 e. The van der Waals surface area contributed by atoms with E-state index in [1.54, 1.807) is 0 Å². The van der Waals surface area contributed by atoms with E-state index in [9.17, 15) is 14.4 Å². The first kappa shape index (κ1) is 24.8. The average Bonchev–Trinajstić information content (AvgIpc) is 3.11. The second-order valence-corrected chi connectivity index (χ2v) is 10.3. The lowest BCUT2D eigenvalue weighted by atomic mass is 9.75. The molecule has 2 aromatic carbocycles. The van der Waals surface area contributed by atoms with Crippen molar-refractivity contribution < 1.29 is 24.2 Å². The molecule has 0 aliphatic heterocycles. The van der Waals surface area contributed by atoms with Gasteiger partial charge >= 0.3 is 12.1 Å². The van der Waals surface area contributed by atoms with Crippen LogP contribution in [0.4, 0.5) is 4.79 Å². The molecule has 35 heavy (non-hydrogen) atoms. The van der Waals surface area contributed by atoms with Gasteiger partial charge in [0.15, 0.2) is 0 Å². The number of aliphatic carboxylic acids is 1. The molecule has 1 unspecified atom stereocenters. The molecule has 2 aliphatic carbocycles. The number of nitrogens with one attached hydrogen (secondary N) is 2. The number of hydrogen-bond acceptors (Lipinski definition) is 4. The molecule has 7 heteroatoms. The van der Waals surface area contributed by atoms with Crippen molar-refractivity contribution in [3.8, 4) is 11.1 Å². The highest BCUT2D eigenvalue weighted by molar-refractivity contribution is 5.81. The second kappa shape index (κ2) is 10.5. The fourth-order valence-corrected chi connectivity index (χ4v) is 5.07. The molecule has 1 fully saturated rings. The Morgan fingerprint density at radius 2 is 1.63 bits per heavy atom. The zero-order chi connectivity index (χ0) is 25.0. The second-order valence-electron chi connectivity index (χ2n) is 10.3. The lowest BCUT2D eigenvalue weighted by molar-refractivity contribution is -0.138. The first-order chi connectivity index (χ1) is 16.7. The van der Waals surface area contributed by atoms with Gasteiger partial charge < -0.3 is 20.5 Å². The van der Waals surface area contributed by atoms with Gasteiger partial charge in [-0.15, -0.1) is 0 Å². The largest absolute Gasteiger partial charge is 0.481 e. The lowest BCUT2D eigenvalue weighted by Gasteiger charge is -2.35. The predicted molar refractivity (Wildman–Crippen MR) is 133 cm³/mol. The summed E-state index contributed by atoms with van der Waals surface area (Å²) in [6.07, 6.45) is 2.75. The molecule has 4 rings (SSSR count). The van der Waals surface area contributed by atoms with Gasteiger partial charge in [0.25, 0.3) is 0 Å². The van der Waals surface area contributed by atoms with E-state index in [1.807, 2.05) is 38.1 Å². The fraction of sp³-hybridized carbons (Fsp3) is 0.464. The standard InChI is InChI=1S/C28H34N2O5/c1-28(2,15-14-25(31)32)30-26(33)23(18-8-7-9-18)16-29-27(34)35-17-24-21-12-5-3-10-19(21)20-11-4-6-13-22(20)24/h3-6,10-13,18,23-24H,7-9,14-17H2,1-2H3,(H,29,34)(H,30,33)(H,31,32). The Balaban J connectivity index is 1.33. The van der Waals surface area contributed by atoms with Crippen LogP contribution >= 0.6 is 0 Å². The third-order valence-corrected chi connectivity index (χ3v) is 7.29. The van der Waals surface area contributed by atoms with Crippen molar-refractivity contribution >= 4 is 18.0 Å². The SMILES string of the molecule is CC(C)(CCC(=O)O)NC(=O)C(CNC(=O)OCC1c2ccccc2-c2ccccc21)C1CCC1. The van der Waals surface area contributed by atoms with Gasteiger partial charge in [-0.3, -0.25) is 9.59 Å². The molecular weight excluding hydrogens is 444 g/mol. The van der Waals surface area contributed by atoms with Crippen LogP contribution in [0.2, 0.25) is 0 Å². The normalized spacial score (nSPS) is 15.9. The highest BCUT2D eigenvalue weighted by atomic mass is 16.5. The van der Waals surface area contributed by atoms with Crippen molar-refractivity contribution in [3.63, 3.8) is 0 Å². The number of carboxylic acids is 1. The van der Waals surface area contributed by atoms with E-state index in [0.717, 1.165) is 30.4 Å². The Kier molecular flexibility index (Phi) is 7.43. The molecule has 0 saturated heterocycles. The van der Waals surface area contributed by atoms with Crippen molar-refractivity contribution in [1.82, 2.24) is 10.6 Å². The summed E-state index contributed by atoms with van der Waals surface area (Å²) in [6.45, 7) is 4.07. The number of carboxylic acid groups (broad SMARTS) is 1. The maximum atomic E-state index is 13.0. The van der Waals surface area contributed by atoms with Gasteiger partial charge in [-0.1, -0.05) is 55.0 Å². The minimum Gasteiger partial charge on any atom is -0.481 e. The van der Waals surface area contributed by atoms with Gasteiger partial charge in [0.05, 0.1) is 5.92 Å². The maximum Gasteiger partial charge on any atom is 0.407 e. The molecule has 2 aliphatic rings. The maximum absolute atomic E-state index is 13.0.